The molecule has 1 aromatic rings. The van der Waals surface area contributed by atoms with Gasteiger partial charge >= 0.3 is 0 Å². The third-order valence-electron chi connectivity index (χ3n) is 4.02. The van der Waals surface area contributed by atoms with Gasteiger partial charge in [-0.2, -0.15) is 0 Å². The molecule has 0 nitrogen and oxygen atoms in total. The first-order chi connectivity index (χ1) is 8.40. The number of aryl methyl sites for hydroxylation is 1. The first-order valence-corrected chi connectivity index (χ1v) is 7.28. The van der Waals surface area contributed by atoms with Crippen LogP contribution in [0.2, 0.25) is 0 Å². The van der Waals surface area contributed by atoms with Gasteiger partial charge in [0.25, 0.3) is 0 Å². The molecule has 0 heteroatoms. The highest BCUT2D eigenvalue weighted by molar-refractivity contribution is 5.26. The summed E-state index contributed by atoms with van der Waals surface area (Å²) in [4.78, 5) is 0. The Balaban J connectivity index is 1.80. The summed E-state index contributed by atoms with van der Waals surface area (Å²) >= 11 is 0. The number of rotatable bonds is 6. The van der Waals surface area contributed by atoms with Crippen molar-refractivity contribution in [2.75, 3.05) is 0 Å². The lowest BCUT2D eigenvalue weighted by Gasteiger charge is -2.10. The Bertz CT molecular complexity index is 303. The molecule has 0 spiro atoms. The van der Waals surface area contributed by atoms with Gasteiger partial charge in [0, 0.05) is 0 Å². The molecule has 1 aliphatic rings. The summed E-state index contributed by atoms with van der Waals surface area (Å²) in [6.07, 6.45) is 11.9. The van der Waals surface area contributed by atoms with Crippen LogP contribution in [0.3, 0.4) is 0 Å². The Labute approximate surface area is 106 Å². The molecule has 1 fully saturated rings. The Morgan fingerprint density at radius 2 is 1.65 bits per heavy atom. The van der Waals surface area contributed by atoms with E-state index in [9.17, 15) is 0 Å². The fraction of sp³-hybridized carbons (Fsp3) is 0.588. The van der Waals surface area contributed by atoms with Gasteiger partial charge in [0.15, 0.2) is 0 Å². The molecule has 1 saturated carbocycles. The summed E-state index contributed by atoms with van der Waals surface area (Å²) in [5.74, 6) is 0.857. The van der Waals surface area contributed by atoms with Crippen molar-refractivity contribution in [1.82, 2.24) is 0 Å². The maximum absolute atomic E-state index is 3.89. The van der Waals surface area contributed by atoms with Crippen LogP contribution in [-0.2, 0) is 6.42 Å². The molecule has 0 bridgehead atoms. The maximum Gasteiger partial charge on any atom is -0.0162 e. The van der Waals surface area contributed by atoms with E-state index in [0.29, 0.717) is 0 Å². The van der Waals surface area contributed by atoms with E-state index in [1.165, 1.54) is 56.9 Å². The van der Waals surface area contributed by atoms with Crippen LogP contribution in [0.5, 0.6) is 0 Å². The summed E-state index contributed by atoms with van der Waals surface area (Å²) in [6.45, 7) is 3.89. The Kier molecular flexibility index (Phi) is 5.09. The number of benzene rings is 1. The van der Waals surface area contributed by atoms with Gasteiger partial charge in [0.1, 0.15) is 0 Å². The Morgan fingerprint density at radius 1 is 0.941 bits per heavy atom. The highest BCUT2D eigenvalue weighted by Gasteiger charge is 2.16. The lowest BCUT2D eigenvalue weighted by molar-refractivity contribution is 0.684. The van der Waals surface area contributed by atoms with Crippen molar-refractivity contribution in [2.45, 2.75) is 63.7 Å². The molecule has 17 heavy (non-hydrogen) atoms. The van der Waals surface area contributed by atoms with Crippen molar-refractivity contribution >= 4 is 0 Å². The summed E-state index contributed by atoms with van der Waals surface area (Å²) in [5.41, 5.74) is 3.08. The van der Waals surface area contributed by atoms with Gasteiger partial charge in [-0.05, 0) is 42.7 Å². The Hall–Kier alpha value is -0.780. The zero-order valence-corrected chi connectivity index (χ0v) is 11.0. The van der Waals surface area contributed by atoms with Gasteiger partial charge in [-0.1, -0.05) is 63.3 Å². The molecule has 0 saturated heterocycles. The van der Waals surface area contributed by atoms with Gasteiger partial charge < -0.3 is 0 Å². The summed E-state index contributed by atoms with van der Waals surface area (Å²) in [7, 11) is 0. The molecule has 2 rings (SSSR count). The molecule has 93 valence electrons. The Morgan fingerprint density at radius 3 is 2.29 bits per heavy atom. The number of unbranched alkanes of at least 4 members (excludes halogenated alkanes) is 3. The minimum absolute atomic E-state index is 0.857. The molecule has 0 amide bonds. The van der Waals surface area contributed by atoms with Crippen LogP contribution in [0.4, 0.5) is 0 Å². The van der Waals surface area contributed by atoms with Gasteiger partial charge in [0.05, 0.1) is 0 Å². The smallest absolute Gasteiger partial charge is 0.0162 e. The van der Waals surface area contributed by atoms with Crippen molar-refractivity contribution in [2.24, 2.45) is 0 Å². The van der Waals surface area contributed by atoms with Crippen molar-refractivity contribution in [3.63, 3.8) is 0 Å². The monoisotopic (exact) mass is 229 g/mol. The van der Waals surface area contributed by atoms with Crippen LogP contribution in [-0.4, -0.2) is 0 Å². The van der Waals surface area contributed by atoms with E-state index < -0.39 is 0 Å². The normalized spacial score (nSPS) is 16.5. The van der Waals surface area contributed by atoms with E-state index in [4.69, 9.17) is 0 Å². The van der Waals surface area contributed by atoms with Crippen molar-refractivity contribution in [3.8, 4) is 0 Å². The van der Waals surface area contributed by atoms with Crippen LogP contribution in [0, 0.1) is 6.92 Å². The van der Waals surface area contributed by atoms with Crippen LogP contribution < -0.4 is 0 Å². The molecule has 0 atom stereocenters. The fourth-order valence-corrected chi connectivity index (χ4v) is 2.90. The first kappa shape index (κ1) is 12.7. The standard InChI is InChI=1S/C17H25/c1-2-3-4-5-8-15-11-13-17(14-12-15)16-9-6-7-10-16/h11-14,16H,1-10H2. The molecular formula is C17H25. The molecule has 1 radical (unpaired) electrons. The quantitative estimate of drug-likeness (QED) is 0.582. The van der Waals surface area contributed by atoms with Crippen LogP contribution in [0.1, 0.15) is 68.4 Å². The van der Waals surface area contributed by atoms with Crippen molar-refractivity contribution in [1.29, 1.82) is 0 Å². The maximum atomic E-state index is 3.89. The van der Waals surface area contributed by atoms with Gasteiger partial charge in [-0.3, -0.25) is 0 Å². The first-order valence-electron chi connectivity index (χ1n) is 7.28. The van der Waals surface area contributed by atoms with Gasteiger partial charge in [-0.15, -0.1) is 0 Å². The van der Waals surface area contributed by atoms with Gasteiger partial charge in [0.2, 0.25) is 0 Å². The van der Waals surface area contributed by atoms with Gasteiger partial charge in [-0.25, -0.2) is 0 Å². The lowest BCUT2D eigenvalue weighted by Crippen LogP contribution is -1.93. The minimum Gasteiger partial charge on any atom is -0.0588 e. The lowest BCUT2D eigenvalue weighted by atomic mass is 9.95. The SMILES string of the molecule is [CH2]CCCCCc1ccc(C2CCCC2)cc1. The van der Waals surface area contributed by atoms with Crippen LogP contribution in [0.15, 0.2) is 24.3 Å². The zero-order chi connectivity index (χ0) is 11.9. The predicted molar refractivity (Wildman–Crippen MR) is 75.2 cm³/mol. The molecule has 1 aliphatic carbocycles. The number of hydrogen-bond donors (Lipinski definition) is 0. The second-order valence-corrected chi connectivity index (χ2v) is 5.39. The second kappa shape index (κ2) is 6.83. The highest BCUT2D eigenvalue weighted by Crippen LogP contribution is 2.34. The molecule has 1 aromatic carbocycles. The largest absolute Gasteiger partial charge is 0.0588 e. The predicted octanol–water partition coefficient (Wildman–Crippen LogP) is 5.28. The van der Waals surface area contributed by atoms with E-state index in [1.807, 2.05) is 0 Å². The van der Waals surface area contributed by atoms with Crippen LogP contribution in [0.25, 0.3) is 0 Å². The molecule has 0 aliphatic heterocycles. The van der Waals surface area contributed by atoms with E-state index in [-0.39, 0.29) is 0 Å². The minimum atomic E-state index is 0.857. The molecule has 0 N–H and O–H groups in total. The van der Waals surface area contributed by atoms with E-state index in [2.05, 4.69) is 31.2 Å². The zero-order valence-electron chi connectivity index (χ0n) is 11.0. The molecule has 0 heterocycles. The second-order valence-electron chi connectivity index (χ2n) is 5.39. The van der Waals surface area contributed by atoms with E-state index in [0.717, 1.165) is 12.3 Å². The summed E-state index contributed by atoms with van der Waals surface area (Å²) < 4.78 is 0. The summed E-state index contributed by atoms with van der Waals surface area (Å²) in [5, 5.41) is 0. The van der Waals surface area contributed by atoms with Crippen molar-refractivity contribution < 1.29 is 0 Å². The van der Waals surface area contributed by atoms with E-state index in [1.54, 1.807) is 5.56 Å². The average Bonchev–Trinajstić information content (AvgIpc) is 2.89. The number of hydrogen-bond acceptors (Lipinski definition) is 0. The average molecular weight is 229 g/mol. The van der Waals surface area contributed by atoms with E-state index >= 15 is 0 Å². The molecular weight excluding hydrogens is 204 g/mol. The summed E-state index contributed by atoms with van der Waals surface area (Å²) in [6, 6.07) is 9.43. The highest BCUT2D eigenvalue weighted by atomic mass is 14.2. The van der Waals surface area contributed by atoms with Crippen molar-refractivity contribution in [3.05, 3.63) is 42.3 Å². The topological polar surface area (TPSA) is 0 Å². The third kappa shape index (κ3) is 3.87. The molecule has 0 aromatic heterocycles. The van der Waals surface area contributed by atoms with Crippen LogP contribution >= 0.6 is 0 Å². The molecule has 0 unspecified atom stereocenters. The third-order valence-corrected chi connectivity index (χ3v) is 4.02. The fourth-order valence-electron chi connectivity index (χ4n) is 2.90.